The number of urea groups is 1. The van der Waals surface area contributed by atoms with Crippen LogP contribution in [0.15, 0.2) is 40.8 Å². The predicted octanol–water partition coefficient (Wildman–Crippen LogP) is 3.55. The first-order valence-corrected chi connectivity index (χ1v) is 11.8. The molecule has 0 spiro atoms. The third-order valence-electron chi connectivity index (χ3n) is 4.78. The third kappa shape index (κ3) is 3.40. The van der Waals surface area contributed by atoms with Crippen LogP contribution in [-0.2, 0) is 9.84 Å². The number of benzene rings is 2. The summed E-state index contributed by atoms with van der Waals surface area (Å²) < 4.78 is 35.5. The van der Waals surface area contributed by atoms with Crippen LogP contribution in [0, 0.1) is 0 Å². The van der Waals surface area contributed by atoms with Gasteiger partial charge in [0.15, 0.2) is 9.84 Å². The molecule has 3 aromatic rings. The van der Waals surface area contributed by atoms with Gasteiger partial charge in [-0.15, -0.1) is 0 Å². The van der Waals surface area contributed by atoms with Crippen molar-refractivity contribution in [2.24, 2.45) is 0 Å². The maximum atomic E-state index is 12.9. The van der Waals surface area contributed by atoms with Crippen molar-refractivity contribution in [2.45, 2.75) is 5.37 Å². The molecule has 0 bridgehead atoms. The minimum absolute atomic E-state index is 0.365. The average Bonchev–Trinajstić information content (AvgIpc) is 3.04. The Balaban J connectivity index is 1.70. The molecule has 0 radical (unpaired) electrons. The van der Waals surface area contributed by atoms with Crippen molar-refractivity contribution in [3.8, 4) is 5.75 Å². The van der Waals surface area contributed by atoms with Crippen molar-refractivity contribution in [2.75, 3.05) is 36.7 Å². The highest BCUT2D eigenvalue weighted by Gasteiger charge is 2.34. The molecule has 1 atom stereocenters. The standard InChI is InChI=1S/C19H20N2O5S2/c1-25-17-9-13-12-5-3-4-6-15(12)26-16(13)10-14(17)20-19(22)21-7-8-27-11-18(21)28(2,23)24/h3-6,9-10,18H,7-8,11H2,1-2H3,(H,20,22). The Morgan fingerprint density at radius 2 is 2.04 bits per heavy atom. The number of carbonyl (C=O) groups excluding carboxylic acids is 1. The molecule has 9 heteroatoms. The highest BCUT2D eigenvalue weighted by atomic mass is 32.2. The Morgan fingerprint density at radius 1 is 1.25 bits per heavy atom. The van der Waals surface area contributed by atoms with E-state index in [9.17, 15) is 13.2 Å². The topological polar surface area (TPSA) is 88.9 Å². The van der Waals surface area contributed by atoms with E-state index < -0.39 is 21.2 Å². The number of sulfone groups is 1. The lowest BCUT2D eigenvalue weighted by molar-refractivity contribution is 0.210. The van der Waals surface area contributed by atoms with Crippen molar-refractivity contribution in [1.29, 1.82) is 0 Å². The molecule has 1 N–H and O–H groups in total. The summed E-state index contributed by atoms with van der Waals surface area (Å²) in [6.07, 6.45) is 1.16. The van der Waals surface area contributed by atoms with Crippen LogP contribution in [-0.4, -0.2) is 56.1 Å². The Kier molecular flexibility index (Phi) is 4.88. The average molecular weight is 421 g/mol. The highest BCUT2D eigenvalue weighted by molar-refractivity contribution is 8.00. The molecule has 0 aliphatic carbocycles. The number of thioether (sulfide) groups is 1. The molecule has 2 aromatic carbocycles. The maximum Gasteiger partial charge on any atom is 0.323 e. The van der Waals surface area contributed by atoms with Gasteiger partial charge in [0, 0.05) is 41.1 Å². The van der Waals surface area contributed by atoms with E-state index in [2.05, 4.69) is 5.32 Å². The van der Waals surface area contributed by atoms with Crippen LogP contribution in [0.5, 0.6) is 5.75 Å². The summed E-state index contributed by atoms with van der Waals surface area (Å²) in [5.41, 5.74) is 1.80. The summed E-state index contributed by atoms with van der Waals surface area (Å²) in [5.74, 6) is 1.54. The summed E-state index contributed by atoms with van der Waals surface area (Å²) in [6.45, 7) is 0.365. The zero-order valence-corrected chi connectivity index (χ0v) is 17.1. The number of nitrogens with zero attached hydrogens (tertiary/aromatic N) is 1. The molecule has 1 aliphatic heterocycles. The summed E-state index contributed by atoms with van der Waals surface area (Å²) in [4.78, 5) is 14.2. The van der Waals surface area contributed by atoms with Gasteiger partial charge in [-0.2, -0.15) is 11.8 Å². The molecule has 148 valence electrons. The lowest BCUT2D eigenvalue weighted by Crippen LogP contribution is -2.51. The minimum Gasteiger partial charge on any atom is -0.495 e. The van der Waals surface area contributed by atoms with Crippen molar-refractivity contribution in [3.63, 3.8) is 0 Å². The van der Waals surface area contributed by atoms with E-state index in [4.69, 9.17) is 9.15 Å². The molecule has 2 amide bonds. The van der Waals surface area contributed by atoms with Crippen LogP contribution >= 0.6 is 11.8 Å². The number of methoxy groups -OCH3 is 1. The van der Waals surface area contributed by atoms with Crippen LogP contribution in [0.2, 0.25) is 0 Å². The number of hydrogen-bond acceptors (Lipinski definition) is 6. The fourth-order valence-electron chi connectivity index (χ4n) is 3.37. The molecule has 0 saturated carbocycles. The number of fused-ring (bicyclic) bond motifs is 3. The molecule has 2 heterocycles. The van der Waals surface area contributed by atoms with Gasteiger partial charge in [0.2, 0.25) is 0 Å². The van der Waals surface area contributed by atoms with E-state index in [0.29, 0.717) is 35.1 Å². The zero-order valence-electron chi connectivity index (χ0n) is 15.5. The quantitative estimate of drug-likeness (QED) is 0.697. The van der Waals surface area contributed by atoms with Crippen LogP contribution < -0.4 is 10.1 Å². The monoisotopic (exact) mass is 420 g/mol. The first-order valence-electron chi connectivity index (χ1n) is 8.72. The molecule has 1 unspecified atom stereocenters. The molecule has 1 fully saturated rings. The molecule has 7 nitrogen and oxygen atoms in total. The van der Waals surface area contributed by atoms with E-state index in [1.807, 2.05) is 30.3 Å². The smallest absolute Gasteiger partial charge is 0.323 e. The van der Waals surface area contributed by atoms with Gasteiger partial charge in [-0.1, -0.05) is 18.2 Å². The van der Waals surface area contributed by atoms with E-state index in [1.165, 1.54) is 23.8 Å². The molecular formula is C19H20N2O5S2. The first-order chi connectivity index (χ1) is 13.4. The number of anilines is 1. The van der Waals surface area contributed by atoms with Gasteiger partial charge >= 0.3 is 6.03 Å². The second-order valence-corrected chi connectivity index (χ2v) is 9.98. The second kappa shape index (κ2) is 7.21. The lowest BCUT2D eigenvalue weighted by Gasteiger charge is -2.34. The molecular weight excluding hydrogens is 400 g/mol. The number of amides is 2. The number of rotatable bonds is 3. The van der Waals surface area contributed by atoms with E-state index in [1.54, 1.807) is 6.07 Å². The van der Waals surface area contributed by atoms with E-state index in [0.717, 1.165) is 22.6 Å². The van der Waals surface area contributed by atoms with Crippen molar-refractivity contribution in [1.82, 2.24) is 4.90 Å². The van der Waals surface area contributed by atoms with Crippen molar-refractivity contribution in [3.05, 3.63) is 36.4 Å². The molecule has 4 rings (SSSR count). The van der Waals surface area contributed by atoms with Gasteiger partial charge in [0.05, 0.1) is 12.8 Å². The largest absolute Gasteiger partial charge is 0.495 e. The van der Waals surface area contributed by atoms with Gasteiger partial charge < -0.3 is 19.4 Å². The molecule has 28 heavy (non-hydrogen) atoms. The van der Waals surface area contributed by atoms with Gasteiger partial charge in [0.1, 0.15) is 22.3 Å². The number of carbonyl (C=O) groups is 1. The fourth-order valence-corrected chi connectivity index (χ4v) is 6.19. The fraction of sp³-hybridized carbons (Fsp3) is 0.316. The predicted molar refractivity (Wildman–Crippen MR) is 112 cm³/mol. The van der Waals surface area contributed by atoms with Gasteiger partial charge in [-0.25, -0.2) is 13.2 Å². The van der Waals surface area contributed by atoms with E-state index >= 15 is 0 Å². The Morgan fingerprint density at radius 3 is 2.79 bits per heavy atom. The first kappa shape index (κ1) is 18.9. The number of nitrogens with one attached hydrogen (secondary N) is 1. The van der Waals surface area contributed by atoms with Crippen molar-refractivity contribution >= 4 is 55.3 Å². The lowest BCUT2D eigenvalue weighted by atomic mass is 10.1. The Hall–Kier alpha value is -2.39. The summed E-state index contributed by atoms with van der Waals surface area (Å²) >= 11 is 1.53. The van der Waals surface area contributed by atoms with Crippen molar-refractivity contribution < 1.29 is 22.4 Å². The summed E-state index contributed by atoms with van der Waals surface area (Å²) in [6, 6.07) is 10.7. The molecule has 1 saturated heterocycles. The molecule has 1 aliphatic rings. The minimum atomic E-state index is -3.39. The van der Waals surface area contributed by atoms with Crippen LogP contribution in [0.25, 0.3) is 21.9 Å². The molecule has 1 aromatic heterocycles. The van der Waals surface area contributed by atoms with E-state index in [-0.39, 0.29) is 0 Å². The van der Waals surface area contributed by atoms with Gasteiger partial charge in [-0.3, -0.25) is 0 Å². The number of ether oxygens (including phenoxy) is 1. The van der Waals surface area contributed by atoms with Crippen LogP contribution in [0.4, 0.5) is 10.5 Å². The van der Waals surface area contributed by atoms with Crippen LogP contribution in [0.3, 0.4) is 0 Å². The summed E-state index contributed by atoms with van der Waals surface area (Å²) in [7, 11) is -1.86. The summed E-state index contributed by atoms with van der Waals surface area (Å²) in [5, 5.41) is 3.80. The number of furan rings is 1. The number of para-hydroxylation sites is 1. The number of hydrogen-bond donors (Lipinski definition) is 1. The second-order valence-electron chi connectivity index (χ2n) is 6.63. The zero-order chi connectivity index (χ0) is 19.9. The van der Waals surface area contributed by atoms with Crippen LogP contribution in [0.1, 0.15) is 0 Å². The third-order valence-corrected chi connectivity index (χ3v) is 7.42. The highest BCUT2D eigenvalue weighted by Crippen LogP contribution is 2.36. The Bertz CT molecular complexity index is 1160. The maximum absolute atomic E-state index is 12.9. The SMILES string of the molecule is COc1cc2c(cc1NC(=O)N1CCSCC1S(C)(=O)=O)oc1ccccc12. The normalized spacial score (nSPS) is 17.8. The van der Waals surface area contributed by atoms with Gasteiger partial charge in [0.25, 0.3) is 0 Å². The Labute approximate surface area is 166 Å². The van der Waals surface area contributed by atoms with Gasteiger partial charge in [-0.05, 0) is 12.1 Å².